The Balaban J connectivity index is 1.71. The first kappa shape index (κ1) is 17.1. The van der Waals surface area contributed by atoms with E-state index in [0.717, 1.165) is 62.2 Å². The van der Waals surface area contributed by atoms with E-state index in [0.29, 0.717) is 13.0 Å². The van der Waals surface area contributed by atoms with E-state index in [2.05, 4.69) is 0 Å². The van der Waals surface area contributed by atoms with Crippen LogP contribution in [0.4, 0.5) is 0 Å². The van der Waals surface area contributed by atoms with Crippen molar-refractivity contribution >= 4 is 22.8 Å². The third-order valence-electron chi connectivity index (χ3n) is 5.61. The van der Waals surface area contributed by atoms with E-state index in [4.69, 9.17) is 4.98 Å². The SMILES string of the molecule is CCC(=O)N1CCCC1c1nc2ccccc2n1CC(=O)N1CCCC1. The summed E-state index contributed by atoms with van der Waals surface area (Å²) in [7, 11) is 0. The van der Waals surface area contributed by atoms with Gasteiger partial charge in [-0.15, -0.1) is 0 Å². The minimum Gasteiger partial charge on any atom is -0.341 e. The highest BCUT2D eigenvalue weighted by atomic mass is 16.2. The zero-order valence-corrected chi connectivity index (χ0v) is 15.4. The molecule has 1 aromatic carbocycles. The molecule has 2 fully saturated rings. The molecule has 1 unspecified atom stereocenters. The predicted molar refractivity (Wildman–Crippen MR) is 99.5 cm³/mol. The monoisotopic (exact) mass is 354 g/mol. The van der Waals surface area contributed by atoms with Gasteiger partial charge in [0.05, 0.1) is 17.1 Å². The molecule has 0 radical (unpaired) electrons. The van der Waals surface area contributed by atoms with Crippen molar-refractivity contribution in [1.82, 2.24) is 19.4 Å². The molecule has 1 aromatic heterocycles. The fourth-order valence-corrected chi connectivity index (χ4v) is 4.25. The summed E-state index contributed by atoms with van der Waals surface area (Å²) in [6.45, 7) is 4.69. The van der Waals surface area contributed by atoms with Crippen molar-refractivity contribution in [3.05, 3.63) is 30.1 Å². The van der Waals surface area contributed by atoms with Crippen molar-refractivity contribution in [1.29, 1.82) is 0 Å². The number of carbonyl (C=O) groups is 2. The molecular weight excluding hydrogens is 328 g/mol. The standard InChI is InChI=1S/C20H26N4O2/c1-2-18(25)23-13-7-10-17(23)20-21-15-8-3-4-9-16(15)24(20)14-19(26)22-11-5-6-12-22/h3-4,8-9,17H,2,5-7,10-14H2,1H3. The highest BCUT2D eigenvalue weighted by Gasteiger charge is 2.33. The van der Waals surface area contributed by atoms with Gasteiger partial charge in [-0.3, -0.25) is 9.59 Å². The fraction of sp³-hybridized carbons (Fsp3) is 0.550. The van der Waals surface area contributed by atoms with Crippen molar-refractivity contribution in [2.45, 2.75) is 51.6 Å². The number of hydrogen-bond acceptors (Lipinski definition) is 3. The van der Waals surface area contributed by atoms with Crippen LogP contribution >= 0.6 is 0 Å². The molecule has 2 aromatic rings. The summed E-state index contributed by atoms with van der Waals surface area (Å²) in [6, 6.07) is 7.92. The number of para-hydroxylation sites is 2. The summed E-state index contributed by atoms with van der Waals surface area (Å²) in [5.41, 5.74) is 1.87. The molecule has 0 saturated carbocycles. The lowest BCUT2D eigenvalue weighted by molar-refractivity contribution is -0.131. The number of amides is 2. The molecule has 4 rings (SSSR count). The van der Waals surface area contributed by atoms with Gasteiger partial charge in [0.2, 0.25) is 11.8 Å². The van der Waals surface area contributed by atoms with Gasteiger partial charge < -0.3 is 14.4 Å². The first-order valence-corrected chi connectivity index (χ1v) is 9.71. The van der Waals surface area contributed by atoms with Gasteiger partial charge >= 0.3 is 0 Å². The summed E-state index contributed by atoms with van der Waals surface area (Å²) in [4.78, 5) is 33.9. The molecule has 0 bridgehead atoms. The quantitative estimate of drug-likeness (QED) is 0.848. The van der Waals surface area contributed by atoms with Crippen LogP contribution in [0.25, 0.3) is 11.0 Å². The summed E-state index contributed by atoms with van der Waals surface area (Å²) in [6.07, 6.45) is 4.57. The fourth-order valence-electron chi connectivity index (χ4n) is 4.25. The Morgan fingerprint density at radius 1 is 1.08 bits per heavy atom. The van der Waals surface area contributed by atoms with Crippen molar-refractivity contribution in [3.8, 4) is 0 Å². The normalized spacial score (nSPS) is 20.3. The van der Waals surface area contributed by atoms with Crippen LogP contribution in [0.5, 0.6) is 0 Å². The molecule has 2 aliphatic rings. The van der Waals surface area contributed by atoms with Gasteiger partial charge in [0.1, 0.15) is 12.4 Å². The van der Waals surface area contributed by atoms with Gasteiger partial charge in [-0.1, -0.05) is 19.1 Å². The zero-order chi connectivity index (χ0) is 18.1. The Hall–Kier alpha value is -2.37. The molecule has 2 saturated heterocycles. The lowest BCUT2D eigenvalue weighted by Gasteiger charge is -2.25. The molecule has 2 amide bonds. The van der Waals surface area contributed by atoms with Gasteiger partial charge in [0.15, 0.2) is 0 Å². The molecule has 0 N–H and O–H groups in total. The third-order valence-corrected chi connectivity index (χ3v) is 5.61. The Morgan fingerprint density at radius 2 is 1.85 bits per heavy atom. The van der Waals surface area contributed by atoms with E-state index in [1.165, 1.54) is 0 Å². The second-order valence-corrected chi connectivity index (χ2v) is 7.23. The van der Waals surface area contributed by atoms with Crippen molar-refractivity contribution in [3.63, 3.8) is 0 Å². The molecule has 26 heavy (non-hydrogen) atoms. The topological polar surface area (TPSA) is 58.4 Å². The second-order valence-electron chi connectivity index (χ2n) is 7.23. The maximum atomic E-state index is 12.8. The maximum absolute atomic E-state index is 12.8. The van der Waals surface area contributed by atoms with Crippen LogP contribution in [0.15, 0.2) is 24.3 Å². The number of hydrogen-bond donors (Lipinski definition) is 0. The molecule has 138 valence electrons. The molecular formula is C20H26N4O2. The van der Waals surface area contributed by atoms with Crippen LogP contribution in [-0.2, 0) is 16.1 Å². The minimum atomic E-state index is -0.0266. The maximum Gasteiger partial charge on any atom is 0.242 e. The lowest BCUT2D eigenvalue weighted by Crippen LogP contribution is -2.34. The Kier molecular flexibility index (Phi) is 4.66. The zero-order valence-electron chi connectivity index (χ0n) is 15.4. The minimum absolute atomic E-state index is 0.0266. The van der Waals surface area contributed by atoms with Crippen LogP contribution in [-0.4, -0.2) is 50.8 Å². The third kappa shape index (κ3) is 2.97. The molecule has 1 atom stereocenters. The number of rotatable bonds is 4. The van der Waals surface area contributed by atoms with Crippen LogP contribution in [0.2, 0.25) is 0 Å². The Bertz CT molecular complexity index is 822. The lowest BCUT2D eigenvalue weighted by atomic mass is 10.2. The average Bonchev–Trinajstić information content (AvgIpc) is 3.40. The van der Waals surface area contributed by atoms with Gasteiger partial charge in [0.25, 0.3) is 0 Å². The van der Waals surface area contributed by atoms with Gasteiger partial charge in [-0.25, -0.2) is 4.98 Å². The van der Waals surface area contributed by atoms with Crippen molar-refractivity contribution in [2.75, 3.05) is 19.6 Å². The average molecular weight is 354 g/mol. The number of likely N-dealkylation sites (tertiary alicyclic amines) is 2. The number of aromatic nitrogens is 2. The van der Waals surface area contributed by atoms with E-state index in [-0.39, 0.29) is 17.9 Å². The second kappa shape index (κ2) is 7.09. The van der Waals surface area contributed by atoms with Crippen molar-refractivity contribution < 1.29 is 9.59 Å². The van der Waals surface area contributed by atoms with E-state index < -0.39 is 0 Å². The first-order chi connectivity index (χ1) is 12.7. The predicted octanol–water partition coefficient (Wildman–Crippen LogP) is 2.73. The number of imidazole rings is 1. The number of fused-ring (bicyclic) bond motifs is 1. The molecule has 0 spiro atoms. The van der Waals surface area contributed by atoms with E-state index in [1.807, 2.05) is 45.6 Å². The van der Waals surface area contributed by atoms with E-state index >= 15 is 0 Å². The molecule has 0 aliphatic carbocycles. The summed E-state index contributed by atoms with van der Waals surface area (Å²) < 4.78 is 2.04. The van der Waals surface area contributed by atoms with E-state index in [9.17, 15) is 9.59 Å². The summed E-state index contributed by atoms with van der Waals surface area (Å²) in [5.74, 6) is 1.17. The smallest absolute Gasteiger partial charge is 0.242 e. The Morgan fingerprint density at radius 3 is 2.62 bits per heavy atom. The highest BCUT2D eigenvalue weighted by Crippen LogP contribution is 2.34. The van der Waals surface area contributed by atoms with Crippen LogP contribution in [0.3, 0.4) is 0 Å². The first-order valence-electron chi connectivity index (χ1n) is 9.71. The van der Waals surface area contributed by atoms with E-state index in [1.54, 1.807) is 0 Å². The summed E-state index contributed by atoms with van der Waals surface area (Å²) >= 11 is 0. The van der Waals surface area contributed by atoms with Crippen LogP contribution in [0, 0.1) is 0 Å². The van der Waals surface area contributed by atoms with Crippen molar-refractivity contribution in [2.24, 2.45) is 0 Å². The molecule has 6 nitrogen and oxygen atoms in total. The van der Waals surface area contributed by atoms with Crippen LogP contribution < -0.4 is 0 Å². The molecule has 3 heterocycles. The largest absolute Gasteiger partial charge is 0.341 e. The van der Waals surface area contributed by atoms with Gasteiger partial charge in [-0.05, 0) is 37.8 Å². The van der Waals surface area contributed by atoms with Crippen LogP contribution in [0.1, 0.15) is 50.9 Å². The van der Waals surface area contributed by atoms with Gasteiger partial charge in [0, 0.05) is 26.1 Å². The summed E-state index contributed by atoms with van der Waals surface area (Å²) in [5, 5.41) is 0. The van der Waals surface area contributed by atoms with Gasteiger partial charge in [-0.2, -0.15) is 0 Å². The highest BCUT2D eigenvalue weighted by molar-refractivity contribution is 5.82. The number of nitrogens with zero attached hydrogens (tertiary/aromatic N) is 4. The molecule has 2 aliphatic heterocycles. The molecule has 6 heteroatoms. The number of carbonyl (C=O) groups excluding carboxylic acids is 2. The Labute approximate surface area is 153 Å². The number of benzene rings is 1.